The van der Waals surface area contributed by atoms with E-state index in [4.69, 9.17) is 18.9 Å². The summed E-state index contributed by atoms with van der Waals surface area (Å²) in [5.41, 5.74) is 1.12. The first-order chi connectivity index (χ1) is 30.9. The van der Waals surface area contributed by atoms with Crippen LogP contribution >= 0.6 is 0 Å². The highest BCUT2D eigenvalue weighted by Crippen LogP contribution is 2.29. The number of rotatable bonds is 29. The Bertz CT molecular complexity index is 2190. The van der Waals surface area contributed by atoms with Crippen molar-refractivity contribution >= 4 is 21.5 Å². The lowest BCUT2D eigenvalue weighted by molar-refractivity contribution is 0.0702. The highest BCUT2D eigenvalue weighted by atomic mass is 16.5. The lowest BCUT2D eigenvalue weighted by atomic mass is 9.88. The quantitative estimate of drug-likeness (QED) is 0.0212. The second-order valence-electron chi connectivity index (χ2n) is 15.8. The van der Waals surface area contributed by atoms with Crippen LogP contribution in [-0.2, 0) is 0 Å². The van der Waals surface area contributed by atoms with E-state index in [1.165, 1.54) is 0 Å². The third-order valence-electron chi connectivity index (χ3n) is 11.1. The zero-order valence-corrected chi connectivity index (χ0v) is 36.2. The van der Waals surface area contributed by atoms with Crippen molar-refractivity contribution in [1.29, 1.82) is 0 Å². The molecule has 6 rings (SSSR count). The molecule has 6 aromatic rings. The molecule has 0 aliphatic heterocycles. The van der Waals surface area contributed by atoms with E-state index in [0.29, 0.717) is 63.5 Å². The molecule has 12 heteroatoms. The molecule has 6 atom stereocenters. The number of para-hydroxylation sites is 1. The lowest BCUT2D eigenvalue weighted by Crippen LogP contribution is -2.54. The number of aryl methyl sites for hydroxylation is 1. The Morgan fingerprint density at radius 1 is 0.540 bits per heavy atom. The minimum absolute atomic E-state index is 0.0534. The Morgan fingerprint density at radius 3 is 1.89 bits per heavy atom. The largest absolute Gasteiger partial charge is 0.490 e. The Morgan fingerprint density at radius 2 is 1.17 bits per heavy atom. The summed E-state index contributed by atoms with van der Waals surface area (Å²) in [6, 6.07) is 44.9. The summed E-state index contributed by atoms with van der Waals surface area (Å²) in [5, 5.41) is 60.0. The highest BCUT2D eigenvalue weighted by Gasteiger charge is 2.31. The Labute approximate surface area is 371 Å². The van der Waals surface area contributed by atoms with E-state index in [9.17, 15) is 20.4 Å². The van der Waals surface area contributed by atoms with Gasteiger partial charge in [-0.15, -0.1) is 0 Å². The number of ether oxygens (including phenoxy) is 4. The van der Waals surface area contributed by atoms with E-state index < -0.39 is 24.5 Å². The molecule has 6 aromatic carbocycles. The number of benzene rings is 6. The van der Waals surface area contributed by atoms with Gasteiger partial charge in [0, 0.05) is 29.9 Å². The van der Waals surface area contributed by atoms with E-state index in [1.807, 2.05) is 134 Å². The molecule has 0 aliphatic carbocycles. The molecule has 0 bridgehead atoms. The first-order valence-electron chi connectivity index (χ1n) is 22.0. The molecular weight excluding hydrogens is 797 g/mol. The predicted octanol–water partition coefficient (Wildman–Crippen LogP) is 5.79. The van der Waals surface area contributed by atoms with Crippen LogP contribution in [0.3, 0.4) is 0 Å². The third-order valence-corrected chi connectivity index (χ3v) is 11.1. The highest BCUT2D eigenvalue weighted by molar-refractivity contribution is 5.89. The van der Waals surface area contributed by atoms with Crippen LogP contribution in [0.15, 0.2) is 140 Å². The van der Waals surface area contributed by atoms with Crippen LogP contribution in [-0.4, -0.2) is 110 Å². The van der Waals surface area contributed by atoms with Gasteiger partial charge >= 0.3 is 0 Å². The molecule has 0 aliphatic rings. The molecule has 0 saturated carbocycles. The first-order valence-corrected chi connectivity index (χ1v) is 22.0. The predicted molar refractivity (Wildman–Crippen MR) is 250 cm³/mol. The molecule has 0 spiro atoms. The fourth-order valence-electron chi connectivity index (χ4n) is 7.73. The monoisotopic (exact) mass is 860 g/mol. The van der Waals surface area contributed by atoms with Gasteiger partial charge in [-0.1, -0.05) is 109 Å². The number of nitrogens with one attached hydrogen (secondary N) is 4. The van der Waals surface area contributed by atoms with Gasteiger partial charge in [0.1, 0.15) is 60.8 Å². The lowest BCUT2D eigenvalue weighted by Gasteiger charge is -2.36. The molecule has 8 N–H and O–H groups in total. The SMILES string of the molecule is Cc1ccc(OC(CO)CCNC(C(CCNCC(O)COc2cccc3ccccc23)CCNC(O)COc2ccccc2)C(CNCO)Oc2cccc3ccccc23)cc1. The van der Waals surface area contributed by atoms with Crippen LogP contribution in [0.5, 0.6) is 23.0 Å². The van der Waals surface area contributed by atoms with Gasteiger partial charge in [0.05, 0.1) is 13.3 Å². The number of hydrogen-bond donors (Lipinski definition) is 8. The van der Waals surface area contributed by atoms with Gasteiger partial charge in [0.15, 0.2) is 0 Å². The average Bonchev–Trinajstić information content (AvgIpc) is 3.32. The third kappa shape index (κ3) is 15.2. The summed E-state index contributed by atoms with van der Waals surface area (Å²) in [6.45, 7) is 4.01. The summed E-state index contributed by atoms with van der Waals surface area (Å²) in [5.74, 6) is 2.76. The van der Waals surface area contributed by atoms with E-state index >= 15 is 0 Å². The molecule has 336 valence electrons. The molecule has 0 amide bonds. The van der Waals surface area contributed by atoms with Gasteiger partial charge in [-0.3, -0.25) is 10.6 Å². The van der Waals surface area contributed by atoms with Crippen molar-refractivity contribution in [2.24, 2.45) is 5.92 Å². The Balaban J connectivity index is 1.18. The minimum atomic E-state index is -0.907. The molecule has 63 heavy (non-hydrogen) atoms. The number of aliphatic hydroxyl groups excluding tert-OH is 4. The minimum Gasteiger partial charge on any atom is -0.490 e. The molecule has 0 heterocycles. The van der Waals surface area contributed by atoms with Gasteiger partial charge in [-0.2, -0.15) is 0 Å². The maximum Gasteiger partial charge on any atom is 0.139 e. The van der Waals surface area contributed by atoms with Crippen molar-refractivity contribution < 1.29 is 39.4 Å². The van der Waals surface area contributed by atoms with Crippen molar-refractivity contribution in [3.8, 4) is 23.0 Å². The smallest absolute Gasteiger partial charge is 0.139 e. The summed E-state index contributed by atoms with van der Waals surface area (Å²) < 4.78 is 25.0. The Kier molecular flexibility index (Phi) is 19.3. The van der Waals surface area contributed by atoms with Crippen LogP contribution in [0.4, 0.5) is 0 Å². The maximum absolute atomic E-state index is 11.0. The summed E-state index contributed by atoms with van der Waals surface area (Å²) in [6.07, 6.45) is -0.765. The van der Waals surface area contributed by atoms with Crippen molar-refractivity contribution in [3.05, 3.63) is 145 Å². The fourth-order valence-corrected chi connectivity index (χ4v) is 7.73. The normalized spacial score (nSPS) is 14.4. The molecule has 0 fully saturated rings. The Hall–Kier alpha value is -5.28. The van der Waals surface area contributed by atoms with Gasteiger partial charge in [0.2, 0.25) is 0 Å². The molecule has 0 radical (unpaired) electrons. The van der Waals surface area contributed by atoms with Gasteiger partial charge in [-0.25, -0.2) is 0 Å². The van der Waals surface area contributed by atoms with Crippen molar-refractivity contribution in [2.75, 3.05) is 59.3 Å². The van der Waals surface area contributed by atoms with Crippen LogP contribution in [0.25, 0.3) is 21.5 Å². The number of aliphatic hydroxyl groups is 4. The molecule has 0 aromatic heterocycles. The van der Waals surface area contributed by atoms with Crippen LogP contribution in [0, 0.1) is 12.8 Å². The van der Waals surface area contributed by atoms with Crippen LogP contribution in [0.2, 0.25) is 0 Å². The van der Waals surface area contributed by atoms with Crippen LogP contribution in [0.1, 0.15) is 24.8 Å². The fraction of sp³-hybridized carbons (Fsp3) is 0.373. The van der Waals surface area contributed by atoms with Gasteiger partial charge in [0.25, 0.3) is 0 Å². The van der Waals surface area contributed by atoms with Crippen LogP contribution < -0.4 is 40.2 Å². The summed E-state index contributed by atoms with van der Waals surface area (Å²) >= 11 is 0. The van der Waals surface area contributed by atoms with Gasteiger partial charge in [-0.05, 0) is 98.9 Å². The zero-order chi connectivity index (χ0) is 44.1. The summed E-state index contributed by atoms with van der Waals surface area (Å²) in [7, 11) is 0. The van der Waals surface area contributed by atoms with Crippen molar-refractivity contribution in [3.63, 3.8) is 0 Å². The zero-order valence-electron chi connectivity index (χ0n) is 36.2. The molecule has 12 nitrogen and oxygen atoms in total. The van der Waals surface area contributed by atoms with E-state index in [1.54, 1.807) is 0 Å². The average molecular weight is 861 g/mol. The van der Waals surface area contributed by atoms with Crippen molar-refractivity contribution in [2.45, 2.75) is 56.8 Å². The topological polar surface area (TPSA) is 166 Å². The molecule has 0 saturated heterocycles. The maximum atomic E-state index is 11.0. The standard InChI is InChI=1S/C51H64N4O8/c1-37-21-23-43(24-22-37)62-44(33-56)27-30-55-51(49(32-53-36-57)63-48-20-10-14-39-12-6-8-18-46(39)48)40(26-29-54-50(59)35-60-42-15-3-2-4-16-42)25-28-52-31-41(58)34-61-47-19-9-13-38-11-5-7-17-45(38)47/h2-24,40-41,44,49-59H,25-36H2,1H3. The van der Waals surface area contributed by atoms with Gasteiger partial charge < -0.3 is 50.0 Å². The number of fused-ring (bicyclic) bond motifs is 2. The summed E-state index contributed by atoms with van der Waals surface area (Å²) in [4.78, 5) is 0. The first kappa shape index (κ1) is 47.2. The second-order valence-corrected chi connectivity index (χ2v) is 15.8. The second kappa shape index (κ2) is 25.7. The molecular formula is C51H64N4O8. The molecule has 6 unspecified atom stereocenters. The van der Waals surface area contributed by atoms with Crippen molar-refractivity contribution in [1.82, 2.24) is 21.3 Å². The number of hydrogen-bond acceptors (Lipinski definition) is 12. The van der Waals surface area contributed by atoms with E-state index in [-0.39, 0.29) is 38.5 Å². The van der Waals surface area contributed by atoms with E-state index in [2.05, 4.69) is 33.4 Å². The van der Waals surface area contributed by atoms with E-state index in [0.717, 1.165) is 38.6 Å².